The van der Waals surface area contributed by atoms with E-state index < -0.39 is 23.1 Å². The van der Waals surface area contributed by atoms with Gasteiger partial charge in [-0.05, 0) is 62.7 Å². The summed E-state index contributed by atoms with van der Waals surface area (Å²) in [5.74, 6) is -4.72. The van der Waals surface area contributed by atoms with Gasteiger partial charge in [0.1, 0.15) is 6.29 Å². The highest BCUT2D eigenvalue weighted by Crippen LogP contribution is 2.37. The van der Waals surface area contributed by atoms with Crippen LogP contribution in [0.25, 0.3) is 5.69 Å². The number of alkyl halides is 2. The molecule has 2 amide bonds. The van der Waals surface area contributed by atoms with Crippen molar-refractivity contribution in [1.29, 1.82) is 0 Å². The van der Waals surface area contributed by atoms with Gasteiger partial charge in [-0.15, -0.1) is 0 Å². The average molecular weight is 725 g/mol. The highest BCUT2D eigenvalue weighted by atomic mass is 19.3. The number of aliphatic imine (C=N–C) groups is 1. The highest BCUT2D eigenvalue weighted by molar-refractivity contribution is 5.94. The number of carbonyl (C=O) groups is 3. The summed E-state index contributed by atoms with van der Waals surface area (Å²) in [6, 6.07) is 7.38. The van der Waals surface area contributed by atoms with E-state index in [1.54, 1.807) is 10.9 Å². The number of amides is 2. The summed E-state index contributed by atoms with van der Waals surface area (Å²) >= 11 is 0. The first-order chi connectivity index (χ1) is 24.7. The molecule has 0 radical (unpaired) electrons. The van der Waals surface area contributed by atoms with E-state index in [1.165, 1.54) is 39.4 Å². The molecule has 1 aliphatic heterocycles. The number of carbonyl (C=O) groups excluding carboxylic acids is 3. The number of pyridine rings is 1. The molecule has 0 spiro atoms. The number of nitrogens with one attached hydrogen (secondary N) is 3. The number of aryl methyl sites for hydroxylation is 1. The van der Waals surface area contributed by atoms with Gasteiger partial charge in [0.05, 0.1) is 35.3 Å². The van der Waals surface area contributed by atoms with Gasteiger partial charge in [-0.2, -0.15) is 10.2 Å². The molecule has 1 atom stereocenters. The zero-order valence-electron chi connectivity index (χ0n) is 30.3. The molecular formula is C36H47F3N10O3. The molecule has 3 N–H and O–H groups in total. The smallest absolute Gasteiger partial charge is 0.257 e. The fourth-order valence-corrected chi connectivity index (χ4v) is 5.78. The summed E-state index contributed by atoms with van der Waals surface area (Å²) in [4.78, 5) is 48.1. The lowest BCUT2D eigenvalue weighted by molar-refractivity contribution is -0.122. The number of amidine groups is 1. The fraction of sp³-hybridized carbons (Fsp3) is 0.472. The van der Waals surface area contributed by atoms with Gasteiger partial charge in [0.25, 0.3) is 11.8 Å². The Hall–Kier alpha value is -5.12. The molecule has 16 heteroatoms. The van der Waals surface area contributed by atoms with Gasteiger partial charge >= 0.3 is 0 Å². The molecular weight excluding hydrogens is 677 g/mol. The number of halogens is 3. The van der Waals surface area contributed by atoms with Crippen LogP contribution in [-0.2, 0) is 16.1 Å². The first kappa shape index (κ1) is 39.7. The fourth-order valence-electron chi connectivity index (χ4n) is 5.78. The minimum absolute atomic E-state index is 0.132. The Morgan fingerprint density at radius 1 is 1.10 bits per heavy atom. The Labute approximate surface area is 301 Å². The third-order valence-electron chi connectivity index (χ3n) is 9.33. The third-order valence-corrected chi connectivity index (χ3v) is 9.33. The molecule has 1 saturated heterocycles. The predicted molar refractivity (Wildman–Crippen MR) is 194 cm³/mol. The van der Waals surface area contributed by atoms with Crippen molar-refractivity contribution in [3.63, 3.8) is 0 Å². The summed E-state index contributed by atoms with van der Waals surface area (Å²) in [5.41, 5.74) is 4.72. The monoisotopic (exact) mass is 724 g/mol. The number of aromatic nitrogens is 3. The number of rotatable bonds is 16. The first-order valence-corrected chi connectivity index (χ1v) is 17.1. The molecule has 3 aromatic rings. The van der Waals surface area contributed by atoms with Crippen LogP contribution in [0.4, 0.5) is 19.0 Å². The van der Waals surface area contributed by atoms with Gasteiger partial charge in [-0.3, -0.25) is 14.5 Å². The molecule has 280 valence electrons. The van der Waals surface area contributed by atoms with Crippen molar-refractivity contribution < 1.29 is 27.6 Å². The number of nitrogens with zero attached hydrogens (tertiary/aromatic N) is 7. The number of piperazine rings is 1. The summed E-state index contributed by atoms with van der Waals surface area (Å²) in [6.07, 6.45) is 5.84. The van der Waals surface area contributed by atoms with Crippen molar-refractivity contribution in [2.24, 2.45) is 15.5 Å². The summed E-state index contributed by atoms with van der Waals surface area (Å²) < 4.78 is 44.7. The molecule has 52 heavy (non-hydrogen) atoms. The Morgan fingerprint density at radius 2 is 1.83 bits per heavy atom. The molecule has 1 fully saturated rings. The average Bonchev–Trinajstić information content (AvgIpc) is 3.60. The Morgan fingerprint density at radius 3 is 2.44 bits per heavy atom. The molecule has 13 nitrogen and oxygen atoms in total. The van der Waals surface area contributed by atoms with Crippen LogP contribution in [0, 0.1) is 18.2 Å². The lowest BCUT2D eigenvalue weighted by Crippen LogP contribution is -2.46. The van der Waals surface area contributed by atoms with Gasteiger partial charge in [-0.25, -0.2) is 27.8 Å². The van der Waals surface area contributed by atoms with E-state index in [1.807, 2.05) is 24.0 Å². The number of hydrogen-bond acceptors (Lipinski definition) is 9. The van der Waals surface area contributed by atoms with Crippen LogP contribution < -0.4 is 21.0 Å². The number of anilines is 1. The predicted octanol–water partition coefficient (Wildman–Crippen LogP) is 3.86. The van der Waals surface area contributed by atoms with Crippen molar-refractivity contribution in [2.75, 3.05) is 51.2 Å². The minimum Gasteiger partial charge on any atom is -0.359 e. The molecule has 0 bridgehead atoms. The van der Waals surface area contributed by atoms with Crippen LogP contribution in [0.3, 0.4) is 0 Å². The van der Waals surface area contributed by atoms with E-state index in [2.05, 4.69) is 53.9 Å². The third kappa shape index (κ3) is 9.60. The zero-order chi connectivity index (χ0) is 38.1. The van der Waals surface area contributed by atoms with Crippen molar-refractivity contribution in [1.82, 2.24) is 35.7 Å². The molecule has 2 aromatic heterocycles. The lowest BCUT2D eigenvalue weighted by Gasteiger charge is -2.35. The van der Waals surface area contributed by atoms with Gasteiger partial charge in [0.2, 0.25) is 5.91 Å². The van der Waals surface area contributed by atoms with Crippen LogP contribution in [0.1, 0.15) is 66.6 Å². The largest absolute Gasteiger partial charge is 0.359 e. The number of likely N-dealkylation sites (N-methyl/N-ethyl adjacent to an activating group) is 1. The molecule has 4 rings (SSSR count). The van der Waals surface area contributed by atoms with E-state index in [-0.39, 0.29) is 49.4 Å². The van der Waals surface area contributed by atoms with Gasteiger partial charge in [0.15, 0.2) is 17.5 Å². The van der Waals surface area contributed by atoms with Gasteiger partial charge in [0, 0.05) is 72.1 Å². The Kier molecular flexibility index (Phi) is 13.3. The van der Waals surface area contributed by atoms with Crippen molar-refractivity contribution in [2.45, 2.75) is 58.9 Å². The second-order valence-corrected chi connectivity index (χ2v) is 13.3. The van der Waals surface area contributed by atoms with Crippen LogP contribution >= 0.6 is 0 Å². The molecule has 3 heterocycles. The quantitative estimate of drug-likeness (QED) is 0.0664. The number of aldehydes is 1. The van der Waals surface area contributed by atoms with Crippen molar-refractivity contribution in [3.8, 4) is 5.69 Å². The van der Waals surface area contributed by atoms with Crippen LogP contribution in [0.5, 0.6) is 0 Å². The van der Waals surface area contributed by atoms with Crippen LogP contribution in [-0.4, -0.2) is 103 Å². The maximum Gasteiger partial charge on any atom is 0.257 e. The van der Waals surface area contributed by atoms with Gasteiger partial charge < -0.3 is 25.8 Å². The van der Waals surface area contributed by atoms with Crippen LogP contribution in [0.15, 0.2) is 52.9 Å². The standard InChI is InChI=1S/C36H47F3N10O3/c1-24-18-25(22-47-13-15-48(16-14-47)31-29(37)19-26(20-43-31)28(8-7-17-50)33(52)40-5)9-10-30(24)49-23-27(21-45-49)32(51)42-11-12-44-46-34(41-6)35(2,3)36(4,38)39/h9-10,17-21,23,28,44H,6-8,11-16,22H2,1-5H3,(H,40,52)(H,42,51)/b46-34-. The molecule has 0 saturated carbocycles. The Balaban J connectivity index is 1.28. The normalized spacial score (nSPS) is 14.8. The van der Waals surface area contributed by atoms with E-state index in [0.717, 1.165) is 30.0 Å². The minimum atomic E-state index is -3.06. The van der Waals surface area contributed by atoms with E-state index in [9.17, 15) is 23.2 Å². The SMILES string of the molecule is C=N/C(=N\NCCNC(=O)c1cnn(-c2ccc(CN3CCN(c4ncc(C(CCC=O)C(=O)NC)cc4F)CC3)cc2C)c1)C(C)(C)C(C)(F)F. The topological polar surface area (TPSA) is 149 Å². The summed E-state index contributed by atoms with van der Waals surface area (Å²) in [7, 11) is 1.51. The molecule has 1 aromatic carbocycles. The van der Waals surface area contributed by atoms with Crippen LogP contribution in [0.2, 0.25) is 0 Å². The molecule has 1 unspecified atom stereocenters. The number of hydrogen-bond donors (Lipinski definition) is 3. The number of benzene rings is 1. The maximum absolute atomic E-state index is 15.2. The molecule has 0 aliphatic carbocycles. The maximum atomic E-state index is 15.2. The zero-order valence-corrected chi connectivity index (χ0v) is 30.3. The first-order valence-electron chi connectivity index (χ1n) is 17.1. The van der Waals surface area contributed by atoms with Crippen molar-refractivity contribution >= 4 is 36.5 Å². The highest BCUT2D eigenvalue weighted by Gasteiger charge is 2.46. The number of hydrazone groups is 1. The second kappa shape index (κ2) is 17.4. The summed E-state index contributed by atoms with van der Waals surface area (Å²) in [6.45, 7) is 12.4. The van der Waals surface area contributed by atoms with Crippen molar-refractivity contribution in [3.05, 3.63) is 70.9 Å². The lowest BCUT2D eigenvalue weighted by atomic mass is 9.85. The molecule has 1 aliphatic rings. The Bertz CT molecular complexity index is 1760. The summed E-state index contributed by atoms with van der Waals surface area (Å²) in [5, 5.41) is 13.6. The van der Waals surface area contributed by atoms with E-state index in [4.69, 9.17) is 0 Å². The van der Waals surface area contributed by atoms with Gasteiger partial charge in [-0.1, -0.05) is 12.1 Å². The van der Waals surface area contributed by atoms with E-state index >= 15 is 4.39 Å². The van der Waals surface area contributed by atoms with E-state index in [0.29, 0.717) is 43.9 Å². The second-order valence-electron chi connectivity index (χ2n) is 13.3.